The molecular weight excluding hydrogens is 429 g/mol. The van der Waals surface area contributed by atoms with Gasteiger partial charge in [-0.25, -0.2) is 4.39 Å². The highest BCUT2D eigenvalue weighted by atomic mass is 32.1. The summed E-state index contributed by atoms with van der Waals surface area (Å²) in [5.74, 6) is -1.40. The Morgan fingerprint density at radius 1 is 1.03 bits per heavy atom. The first-order chi connectivity index (χ1) is 15.6. The van der Waals surface area contributed by atoms with Crippen LogP contribution in [0.5, 0.6) is 0 Å². The van der Waals surface area contributed by atoms with Crippen LogP contribution in [0.25, 0.3) is 0 Å². The minimum absolute atomic E-state index is 0.0871. The molecule has 160 valence electrons. The molecule has 0 aliphatic heterocycles. The van der Waals surface area contributed by atoms with E-state index >= 15 is 0 Å². The molecule has 0 radical (unpaired) electrons. The second-order valence-corrected chi connectivity index (χ2v) is 7.44. The van der Waals surface area contributed by atoms with Crippen molar-refractivity contribution in [2.45, 2.75) is 12.6 Å². The Balaban J connectivity index is 1.75. The molecule has 1 N–H and O–H groups in total. The van der Waals surface area contributed by atoms with Crippen LogP contribution in [-0.2, 0) is 11.3 Å². The van der Waals surface area contributed by atoms with Crippen molar-refractivity contribution in [1.82, 2.24) is 19.9 Å². The highest BCUT2D eigenvalue weighted by Gasteiger charge is 2.34. The lowest BCUT2D eigenvalue weighted by Gasteiger charge is -2.30. The SMILES string of the molecule is O=C(NCc1ccccc1)[C@H](c1cccnc1)N(C(=O)c1csnn1)c1ccc(F)cc1. The van der Waals surface area contributed by atoms with E-state index in [2.05, 4.69) is 19.9 Å². The monoisotopic (exact) mass is 447 g/mol. The van der Waals surface area contributed by atoms with Gasteiger partial charge in [-0.05, 0) is 47.4 Å². The molecular formula is C23H18FN5O2S. The number of anilines is 1. The number of carbonyl (C=O) groups is 2. The number of nitrogens with zero attached hydrogens (tertiary/aromatic N) is 4. The third kappa shape index (κ3) is 4.84. The molecule has 0 fully saturated rings. The number of halogens is 1. The fraction of sp³-hybridized carbons (Fsp3) is 0.0870. The smallest absolute Gasteiger partial charge is 0.280 e. The van der Waals surface area contributed by atoms with Gasteiger partial charge in [0.05, 0.1) is 0 Å². The summed E-state index contributed by atoms with van der Waals surface area (Å²) in [5, 5.41) is 8.26. The summed E-state index contributed by atoms with van der Waals surface area (Å²) in [6, 6.07) is 17.1. The second-order valence-electron chi connectivity index (χ2n) is 6.83. The lowest BCUT2D eigenvalue weighted by Crippen LogP contribution is -2.44. The van der Waals surface area contributed by atoms with E-state index in [1.807, 2.05) is 30.3 Å². The number of carbonyl (C=O) groups excluding carboxylic acids is 2. The summed E-state index contributed by atoms with van der Waals surface area (Å²) in [4.78, 5) is 32.3. The molecule has 0 aliphatic carbocycles. The van der Waals surface area contributed by atoms with Crippen LogP contribution in [0.15, 0.2) is 84.5 Å². The molecule has 2 heterocycles. The van der Waals surface area contributed by atoms with E-state index in [0.717, 1.165) is 17.1 Å². The molecule has 4 rings (SSSR count). The van der Waals surface area contributed by atoms with E-state index in [1.54, 1.807) is 18.3 Å². The molecule has 1 atom stereocenters. The molecule has 2 aromatic carbocycles. The van der Waals surface area contributed by atoms with Crippen molar-refractivity contribution in [3.8, 4) is 0 Å². The average Bonchev–Trinajstić information content (AvgIpc) is 3.38. The largest absolute Gasteiger partial charge is 0.350 e. The predicted octanol–water partition coefficient (Wildman–Crippen LogP) is 3.78. The lowest BCUT2D eigenvalue weighted by molar-refractivity contribution is -0.122. The zero-order valence-corrected chi connectivity index (χ0v) is 17.6. The van der Waals surface area contributed by atoms with Crippen LogP contribution in [0.3, 0.4) is 0 Å². The van der Waals surface area contributed by atoms with Crippen molar-refractivity contribution in [1.29, 1.82) is 0 Å². The Bertz CT molecular complexity index is 1170. The van der Waals surface area contributed by atoms with Crippen molar-refractivity contribution >= 4 is 29.0 Å². The highest BCUT2D eigenvalue weighted by molar-refractivity contribution is 7.03. The van der Waals surface area contributed by atoms with Crippen molar-refractivity contribution < 1.29 is 14.0 Å². The molecule has 0 bridgehead atoms. The maximum atomic E-state index is 13.6. The summed E-state index contributed by atoms with van der Waals surface area (Å²) in [5.41, 5.74) is 1.84. The van der Waals surface area contributed by atoms with E-state index in [9.17, 15) is 14.0 Å². The van der Waals surface area contributed by atoms with Gasteiger partial charge in [-0.15, -0.1) is 5.10 Å². The summed E-state index contributed by atoms with van der Waals surface area (Å²) >= 11 is 1.02. The summed E-state index contributed by atoms with van der Waals surface area (Å²) in [6.45, 7) is 0.278. The Labute approximate surface area is 187 Å². The van der Waals surface area contributed by atoms with Crippen molar-refractivity contribution in [2.75, 3.05) is 4.90 Å². The van der Waals surface area contributed by atoms with Gasteiger partial charge in [0.15, 0.2) is 5.69 Å². The van der Waals surface area contributed by atoms with Gasteiger partial charge in [-0.2, -0.15) is 0 Å². The van der Waals surface area contributed by atoms with Crippen molar-refractivity contribution in [2.24, 2.45) is 0 Å². The van der Waals surface area contributed by atoms with E-state index < -0.39 is 23.7 Å². The molecule has 4 aromatic rings. The lowest BCUT2D eigenvalue weighted by atomic mass is 10.0. The fourth-order valence-electron chi connectivity index (χ4n) is 3.20. The van der Waals surface area contributed by atoms with Gasteiger partial charge in [-0.3, -0.25) is 19.5 Å². The number of hydrogen-bond donors (Lipinski definition) is 1. The fourth-order valence-corrected chi connectivity index (χ4v) is 3.63. The second kappa shape index (κ2) is 9.88. The van der Waals surface area contributed by atoms with Crippen LogP contribution in [0, 0.1) is 5.82 Å². The van der Waals surface area contributed by atoms with Crippen LogP contribution >= 0.6 is 11.5 Å². The first kappa shape index (κ1) is 21.3. The zero-order valence-electron chi connectivity index (χ0n) is 16.8. The summed E-state index contributed by atoms with van der Waals surface area (Å²) in [7, 11) is 0. The first-order valence-corrected chi connectivity index (χ1v) is 10.5. The van der Waals surface area contributed by atoms with Gasteiger partial charge < -0.3 is 5.32 Å². The molecule has 32 heavy (non-hydrogen) atoms. The zero-order chi connectivity index (χ0) is 22.3. The minimum Gasteiger partial charge on any atom is -0.350 e. The molecule has 2 aromatic heterocycles. The maximum absolute atomic E-state index is 13.6. The quantitative estimate of drug-likeness (QED) is 0.466. The average molecular weight is 447 g/mol. The van der Waals surface area contributed by atoms with Crippen LogP contribution in [0.1, 0.15) is 27.7 Å². The first-order valence-electron chi connectivity index (χ1n) is 9.71. The summed E-state index contributed by atoms with van der Waals surface area (Å²) in [6.07, 6.45) is 3.10. The van der Waals surface area contributed by atoms with Gasteiger partial charge in [0.25, 0.3) is 5.91 Å². The molecule has 0 saturated heterocycles. The van der Waals surface area contributed by atoms with E-state index in [0.29, 0.717) is 11.3 Å². The van der Waals surface area contributed by atoms with E-state index in [4.69, 9.17) is 0 Å². The number of aromatic nitrogens is 3. The normalized spacial score (nSPS) is 11.5. The molecule has 0 saturated carbocycles. The van der Waals surface area contributed by atoms with Crippen molar-refractivity contribution in [3.63, 3.8) is 0 Å². The van der Waals surface area contributed by atoms with Crippen LogP contribution < -0.4 is 10.2 Å². The number of rotatable bonds is 7. The summed E-state index contributed by atoms with van der Waals surface area (Å²) < 4.78 is 17.4. The third-order valence-corrected chi connectivity index (χ3v) is 5.22. The van der Waals surface area contributed by atoms with Gasteiger partial charge in [-0.1, -0.05) is 40.9 Å². The minimum atomic E-state index is -1.06. The number of hydrogen-bond acceptors (Lipinski definition) is 6. The number of nitrogens with one attached hydrogen (secondary N) is 1. The molecule has 0 aliphatic rings. The van der Waals surface area contributed by atoms with Gasteiger partial charge in [0.2, 0.25) is 5.91 Å². The van der Waals surface area contributed by atoms with Gasteiger partial charge in [0.1, 0.15) is 11.9 Å². The molecule has 9 heteroatoms. The Hall–Kier alpha value is -3.98. The topological polar surface area (TPSA) is 88.1 Å². The molecule has 7 nitrogen and oxygen atoms in total. The Kier molecular flexibility index (Phi) is 6.57. The molecule has 2 amide bonds. The van der Waals surface area contributed by atoms with Gasteiger partial charge >= 0.3 is 0 Å². The van der Waals surface area contributed by atoms with E-state index in [-0.39, 0.29) is 12.2 Å². The van der Waals surface area contributed by atoms with Crippen LogP contribution in [-0.4, -0.2) is 26.4 Å². The third-order valence-electron chi connectivity index (χ3n) is 4.72. The van der Waals surface area contributed by atoms with E-state index in [1.165, 1.54) is 40.7 Å². The van der Waals surface area contributed by atoms with Crippen LogP contribution in [0.4, 0.5) is 10.1 Å². The molecule has 0 unspecified atom stereocenters. The molecule has 0 spiro atoms. The Morgan fingerprint density at radius 3 is 2.47 bits per heavy atom. The van der Waals surface area contributed by atoms with Crippen LogP contribution in [0.2, 0.25) is 0 Å². The number of pyridine rings is 1. The Morgan fingerprint density at radius 2 is 1.81 bits per heavy atom. The highest BCUT2D eigenvalue weighted by Crippen LogP contribution is 2.29. The standard InChI is InChI=1S/C23H18FN5O2S/c24-18-8-10-19(11-9-18)29(23(31)20-15-32-28-27-20)21(17-7-4-12-25-14-17)22(30)26-13-16-5-2-1-3-6-16/h1-12,14-15,21H,13H2,(H,26,30)/t21-/m0/s1. The predicted molar refractivity (Wildman–Crippen MR) is 118 cm³/mol. The number of benzene rings is 2. The van der Waals surface area contributed by atoms with Crippen molar-refractivity contribution in [3.05, 3.63) is 107 Å². The number of amides is 2. The van der Waals surface area contributed by atoms with Gasteiger partial charge in [0, 0.05) is 35.6 Å². The maximum Gasteiger partial charge on any atom is 0.280 e.